The average Bonchev–Trinajstić information content (AvgIpc) is 2.38. The fraction of sp³-hybridized carbons (Fsp3) is 0.455. The van der Waals surface area contributed by atoms with Crippen molar-refractivity contribution < 1.29 is 13.3 Å². The SMILES string of the molecule is CCNc1ccc(S(=O)(=O)N(C)CC)cc1[N+](=O)[O-]. The first-order valence-corrected chi connectivity index (χ1v) is 7.27. The summed E-state index contributed by atoms with van der Waals surface area (Å²) in [7, 11) is -2.25. The molecule has 0 unspecified atom stereocenters. The van der Waals surface area contributed by atoms with Gasteiger partial charge in [0.2, 0.25) is 10.0 Å². The predicted octanol–water partition coefficient (Wildman–Crippen LogP) is 1.67. The number of anilines is 1. The van der Waals surface area contributed by atoms with E-state index in [1.165, 1.54) is 19.2 Å². The normalized spacial score (nSPS) is 11.6. The maximum Gasteiger partial charge on any atom is 0.293 e. The van der Waals surface area contributed by atoms with Crippen LogP contribution in [-0.4, -0.2) is 37.8 Å². The zero-order valence-corrected chi connectivity index (χ0v) is 11.9. The lowest BCUT2D eigenvalue weighted by atomic mass is 10.2. The van der Waals surface area contributed by atoms with Gasteiger partial charge in [0, 0.05) is 26.2 Å². The quantitative estimate of drug-likeness (QED) is 0.634. The smallest absolute Gasteiger partial charge is 0.293 e. The first-order chi connectivity index (χ1) is 8.84. The first kappa shape index (κ1) is 15.4. The van der Waals surface area contributed by atoms with E-state index in [9.17, 15) is 18.5 Å². The van der Waals surface area contributed by atoms with Crippen molar-refractivity contribution in [2.24, 2.45) is 0 Å². The highest BCUT2D eigenvalue weighted by Gasteiger charge is 2.23. The summed E-state index contributed by atoms with van der Waals surface area (Å²) in [6.45, 7) is 4.31. The number of hydrogen-bond donors (Lipinski definition) is 1. The van der Waals surface area contributed by atoms with Gasteiger partial charge in [-0.15, -0.1) is 0 Å². The highest BCUT2D eigenvalue weighted by atomic mass is 32.2. The molecule has 1 aromatic rings. The van der Waals surface area contributed by atoms with E-state index in [0.29, 0.717) is 18.8 Å². The molecule has 0 aromatic heterocycles. The minimum absolute atomic E-state index is 0.0785. The second-order valence-corrected chi connectivity index (χ2v) is 5.93. The summed E-state index contributed by atoms with van der Waals surface area (Å²) in [5, 5.41) is 13.8. The van der Waals surface area contributed by atoms with E-state index in [0.717, 1.165) is 10.4 Å². The number of nitrogens with zero attached hydrogens (tertiary/aromatic N) is 2. The van der Waals surface area contributed by atoms with Gasteiger partial charge in [0.1, 0.15) is 5.69 Å². The van der Waals surface area contributed by atoms with E-state index in [2.05, 4.69) is 5.32 Å². The van der Waals surface area contributed by atoms with Crippen LogP contribution >= 0.6 is 0 Å². The van der Waals surface area contributed by atoms with Crippen LogP contribution in [0.3, 0.4) is 0 Å². The molecule has 1 aromatic carbocycles. The van der Waals surface area contributed by atoms with E-state index >= 15 is 0 Å². The predicted molar refractivity (Wildman–Crippen MR) is 72.7 cm³/mol. The van der Waals surface area contributed by atoms with Crippen molar-refractivity contribution in [3.63, 3.8) is 0 Å². The summed E-state index contributed by atoms with van der Waals surface area (Å²) in [4.78, 5) is 10.3. The topological polar surface area (TPSA) is 92.6 Å². The third-order valence-corrected chi connectivity index (χ3v) is 4.62. The third kappa shape index (κ3) is 3.21. The van der Waals surface area contributed by atoms with E-state index in [4.69, 9.17) is 0 Å². The lowest BCUT2D eigenvalue weighted by Crippen LogP contribution is -2.26. The van der Waals surface area contributed by atoms with Crippen molar-refractivity contribution >= 4 is 21.4 Å². The molecule has 0 aliphatic rings. The largest absolute Gasteiger partial charge is 0.380 e. The Morgan fingerprint density at radius 3 is 2.47 bits per heavy atom. The number of benzene rings is 1. The van der Waals surface area contributed by atoms with E-state index in [1.807, 2.05) is 0 Å². The number of hydrogen-bond acceptors (Lipinski definition) is 5. The number of nitro benzene ring substituents is 1. The Kier molecular flexibility index (Phi) is 4.84. The minimum Gasteiger partial charge on any atom is -0.380 e. The molecular weight excluding hydrogens is 270 g/mol. The lowest BCUT2D eigenvalue weighted by molar-refractivity contribution is -0.384. The summed E-state index contributed by atoms with van der Waals surface area (Å²) < 4.78 is 25.3. The van der Waals surface area contributed by atoms with Crippen LogP contribution in [0.5, 0.6) is 0 Å². The monoisotopic (exact) mass is 287 g/mol. The van der Waals surface area contributed by atoms with Crippen LogP contribution in [0.15, 0.2) is 23.1 Å². The van der Waals surface area contributed by atoms with E-state index in [1.54, 1.807) is 13.8 Å². The molecule has 0 saturated heterocycles. The Labute approximate surface area is 112 Å². The summed E-state index contributed by atoms with van der Waals surface area (Å²) >= 11 is 0. The molecule has 106 valence electrons. The van der Waals surface area contributed by atoms with Gasteiger partial charge in [-0.3, -0.25) is 10.1 Å². The standard InChI is InChI=1S/C11H17N3O4S/c1-4-12-10-7-6-9(8-11(10)14(15)16)19(17,18)13(3)5-2/h6-8,12H,4-5H2,1-3H3. The Morgan fingerprint density at radius 1 is 1.37 bits per heavy atom. The van der Waals surface area contributed by atoms with Crippen molar-refractivity contribution in [3.8, 4) is 0 Å². The van der Waals surface area contributed by atoms with Crippen molar-refractivity contribution in [1.82, 2.24) is 4.31 Å². The molecule has 0 amide bonds. The highest BCUT2D eigenvalue weighted by Crippen LogP contribution is 2.28. The van der Waals surface area contributed by atoms with Crippen molar-refractivity contribution in [2.75, 3.05) is 25.5 Å². The molecule has 1 N–H and O–H groups in total. The van der Waals surface area contributed by atoms with Crippen LogP contribution in [0.1, 0.15) is 13.8 Å². The van der Waals surface area contributed by atoms with Gasteiger partial charge >= 0.3 is 0 Å². The second-order valence-electron chi connectivity index (χ2n) is 3.89. The van der Waals surface area contributed by atoms with E-state index in [-0.39, 0.29) is 10.6 Å². The van der Waals surface area contributed by atoms with Gasteiger partial charge in [-0.05, 0) is 19.1 Å². The van der Waals surface area contributed by atoms with Gasteiger partial charge in [0.25, 0.3) is 5.69 Å². The van der Waals surface area contributed by atoms with Crippen molar-refractivity contribution in [3.05, 3.63) is 28.3 Å². The van der Waals surface area contributed by atoms with Crippen LogP contribution in [0.2, 0.25) is 0 Å². The maximum atomic E-state index is 12.1. The van der Waals surface area contributed by atoms with E-state index < -0.39 is 14.9 Å². The van der Waals surface area contributed by atoms with Crippen LogP contribution in [0.25, 0.3) is 0 Å². The molecule has 0 spiro atoms. The Morgan fingerprint density at radius 2 is 2.00 bits per heavy atom. The Bertz CT molecular complexity index is 571. The number of nitro groups is 1. The molecule has 0 aliphatic carbocycles. The molecule has 0 aliphatic heterocycles. The number of nitrogens with one attached hydrogen (secondary N) is 1. The van der Waals surface area contributed by atoms with Gasteiger partial charge < -0.3 is 5.32 Å². The highest BCUT2D eigenvalue weighted by molar-refractivity contribution is 7.89. The molecule has 19 heavy (non-hydrogen) atoms. The Balaban J connectivity index is 3.34. The zero-order valence-electron chi connectivity index (χ0n) is 11.1. The number of sulfonamides is 1. The fourth-order valence-electron chi connectivity index (χ4n) is 1.51. The van der Waals surface area contributed by atoms with Crippen LogP contribution in [0.4, 0.5) is 11.4 Å². The van der Waals surface area contributed by atoms with Crippen LogP contribution < -0.4 is 5.32 Å². The maximum absolute atomic E-state index is 12.1. The molecule has 8 heteroatoms. The Hall–Kier alpha value is -1.67. The molecule has 0 radical (unpaired) electrons. The summed E-state index contributed by atoms with van der Waals surface area (Å²) in [6.07, 6.45) is 0. The van der Waals surface area contributed by atoms with Gasteiger partial charge in [0.15, 0.2) is 0 Å². The fourth-order valence-corrected chi connectivity index (χ4v) is 2.71. The van der Waals surface area contributed by atoms with Gasteiger partial charge in [-0.1, -0.05) is 6.92 Å². The molecule has 0 atom stereocenters. The van der Waals surface area contributed by atoms with Crippen molar-refractivity contribution in [1.29, 1.82) is 0 Å². The molecule has 0 heterocycles. The van der Waals surface area contributed by atoms with Crippen LogP contribution in [0, 0.1) is 10.1 Å². The molecule has 1 rings (SSSR count). The second kappa shape index (κ2) is 5.98. The molecular formula is C11H17N3O4S. The zero-order chi connectivity index (χ0) is 14.6. The number of rotatable bonds is 6. The van der Waals surface area contributed by atoms with Crippen LogP contribution in [-0.2, 0) is 10.0 Å². The average molecular weight is 287 g/mol. The summed E-state index contributed by atoms with van der Waals surface area (Å²) in [6, 6.07) is 3.87. The van der Waals surface area contributed by atoms with Gasteiger partial charge in [-0.2, -0.15) is 0 Å². The molecule has 0 saturated carbocycles. The molecule has 7 nitrogen and oxygen atoms in total. The van der Waals surface area contributed by atoms with Crippen molar-refractivity contribution in [2.45, 2.75) is 18.7 Å². The molecule has 0 bridgehead atoms. The van der Waals surface area contributed by atoms with Gasteiger partial charge in [-0.25, -0.2) is 12.7 Å². The third-order valence-electron chi connectivity index (χ3n) is 2.69. The lowest BCUT2D eigenvalue weighted by Gasteiger charge is -2.15. The molecule has 0 fully saturated rings. The van der Waals surface area contributed by atoms with Gasteiger partial charge in [0.05, 0.1) is 9.82 Å². The minimum atomic E-state index is -3.68. The summed E-state index contributed by atoms with van der Waals surface area (Å²) in [5.74, 6) is 0. The summed E-state index contributed by atoms with van der Waals surface area (Å²) in [5.41, 5.74) is 0.0676. The first-order valence-electron chi connectivity index (χ1n) is 5.83.